The number of para-hydroxylation sites is 1. The summed E-state index contributed by atoms with van der Waals surface area (Å²) < 4.78 is 0. The molecule has 0 aliphatic carbocycles. The molecule has 1 aliphatic rings. The van der Waals surface area contributed by atoms with Gasteiger partial charge in [-0.1, -0.05) is 42.6 Å². The molecule has 1 atom stereocenters. The number of rotatable bonds is 3. The maximum atomic E-state index is 5.41. The molecule has 0 spiro atoms. The molecule has 82 valence electrons. The van der Waals surface area contributed by atoms with Gasteiger partial charge >= 0.3 is 0 Å². The minimum atomic E-state index is 0.414. The lowest BCUT2D eigenvalue weighted by molar-refractivity contribution is 0.677. The highest BCUT2D eigenvalue weighted by Crippen LogP contribution is 2.24. The monoisotopic (exact) mass is 229 g/mol. The Morgan fingerprint density at radius 2 is 2.12 bits per heavy atom. The first-order valence-electron chi connectivity index (χ1n) is 5.48. The van der Waals surface area contributed by atoms with Crippen LogP contribution in [0.4, 0.5) is 5.69 Å². The highest BCUT2D eigenvalue weighted by Gasteiger charge is 2.22. The Morgan fingerprint density at radius 3 is 2.81 bits per heavy atom. The minimum Gasteiger partial charge on any atom is -0.329 e. The molecule has 0 saturated heterocycles. The van der Waals surface area contributed by atoms with Crippen LogP contribution in [0.25, 0.3) is 0 Å². The van der Waals surface area contributed by atoms with E-state index in [-0.39, 0.29) is 0 Å². The van der Waals surface area contributed by atoms with E-state index in [1.54, 1.807) is 0 Å². The number of hydrogen-bond donors (Lipinski definition) is 0. The average Bonchev–Trinajstić information content (AvgIpc) is 2.31. The molecular formula is C14H15NS. The van der Waals surface area contributed by atoms with Crippen LogP contribution in [0.15, 0.2) is 55.1 Å². The van der Waals surface area contributed by atoms with Crippen molar-refractivity contribution in [3.8, 4) is 0 Å². The normalized spacial score (nSPS) is 19.9. The zero-order valence-corrected chi connectivity index (χ0v) is 9.99. The van der Waals surface area contributed by atoms with E-state index in [2.05, 4.69) is 29.7 Å². The van der Waals surface area contributed by atoms with E-state index >= 15 is 0 Å². The van der Waals surface area contributed by atoms with Gasteiger partial charge in [0.25, 0.3) is 0 Å². The van der Waals surface area contributed by atoms with Crippen molar-refractivity contribution < 1.29 is 0 Å². The van der Waals surface area contributed by atoms with Gasteiger partial charge in [0.15, 0.2) is 0 Å². The zero-order chi connectivity index (χ0) is 11.4. The Bertz CT molecular complexity index is 408. The third-order valence-corrected chi connectivity index (χ3v) is 3.08. The number of benzene rings is 1. The molecule has 2 heteroatoms. The van der Waals surface area contributed by atoms with Crippen molar-refractivity contribution in [1.82, 2.24) is 0 Å². The number of hydrogen-bond acceptors (Lipinski definition) is 1. The maximum Gasteiger partial charge on any atom is 0.106 e. The fourth-order valence-corrected chi connectivity index (χ4v) is 2.36. The second-order valence-corrected chi connectivity index (χ2v) is 4.28. The fourth-order valence-electron chi connectivity index (χ4n) is 2.01. The van der Waals surface area contributed by atoms with Gasteiger partial charge in [-0.3, -0.25) is 0 Å². The predicted molar refractivity (Wildman–Crippen MR) is 73.9 cm³/mol. The van der Waals surface area contributed by atoms with Crippen LogP contribution < -0.4 is 4.90 Å². The van der Waals surface area contributed by atoms with Crippen LogP contribution >= 0.6 is 12.2 Å². The zero-order valence-electron chi connectivity index (χ0n) is 9.17. The summed E-state index contributed by atoms with van der Waals surface area (Å²) in [6.45, 7) is 3.81. The molecule has 16 heavy (non-hydrogen) atoms. The van der Waals surface area contributed by atoms with E-state index in [1.807, 2.05) is 30.4 Å². The van der Waals surface area contributed by atoms with Crippen molar-refractivity contribution in [3.05, 3.63) is 55.1 Å². The smallest absolute Gasteiger partial charge is 0.106 e. The average molecular weight is 229 g/mol. The molecule has 0 N–H and O–H groups in total. The molecule has 0 radical (unpaired) electrons. The summed E-state index contributed by atoms with van der Waals surface area (Å²) in [4.78, 5) is 3.11. The quantitative estimate of drug-likeness (QED) is 0.574. The first-order chi connectivity index (χ1) is 7.83. The summed E-state index contributed by atoms with van der Waals surface area (Å²) in [6, 6.07) is 10.7. The molecule has 1 aliphatic heterocycles. The van der Waals surface area contributed by atoms with E-state index in [1.165, 1.54) is 5.69 Å². The number of thiocarbonyl (C=S) groups is 1. The van der Waals surface area contributed by atoms with Crippen molar-refractivity contribution in [1.29, 1.82) is 0 Å². The molecule has 1 unspecified atom stereocenters. The largest absolute Gasteiger partial charge is 0.329 e. The Labute approximate surface area is 102 Å². The topological polar surface area (TPSA) is 3.24 Å². The molecule has 0 saturated carbocycles. The second-order valence-electron chi connectivity index (χ2n) is 3.86. The summed E-state index contributed by atoms with van der Waals surface area (Å²) in [6.07, 6.45) is 8.11. The lowest BCUT2D eigenvalue weighted by atomic mass is 10.0. The predicted octanol–water partition coefficient (Wildman–Crippen LogP) is 3.73. The van der Waals surface area contributed by atoms with Gasteiger partial charge in [0, 0.05) is 11.7 Å². The lowest BCUT2D eigenvalue weighted by Crippen LogP contribution is -2.40. The Balaban J connectivity index is 2.31. The molecule has 0 amide bonds. The number of anilines is 1. The van der Waals surface area contributed by atoms with Crippen molar-refractivity contribution in [2.75, 3.05) is 4.90 Å². The molecule has 1 nitrogen and oxygen atoms in total. The van der Waals surface area contributed by atoms with E-state index in [0.717, 1.165) is 17.8 Å². The minimum absolute atomic E-state index is 0.414. The van der Waals surface area contributed by atoms with Crippen LogP contribution in [0, 0.1) is 0 Å². The van der Waals surface area contributed by atoms with Gasteiger partial charge in [0.1, 0.15) is 4.99 Å². The first-order valence-corrected chi connectivity index (χ1v) is 5.89. The third kappa shape index (κ3) is 2.22. The molecule has 1 heterocycles. The summed E-state index contributed by atoms with van der Waals surface area (Å²) in [5, 5.41) is 0. The van der Waals surface area contributed by atoms with Gasteiger partial charge in [0.2, 0.25) is 0 Å². The Hall–Kier alpha value is -1.41. The number of nitrogens with zero attached hydrogens (tertiary/aromatic N) is 1. The lowest BCUT2D eigenvalue weighted by Gasteiger charge is -2.34. The fraction of sp³-hybridized carbons (Fsp3) is 0.214. The van der Waals surface area contributed by atoms with Crippen molar-refractivity contribution in [3.63, 3.8) is 0 Å². The van der Waals surface area contributed by atoms with Gasteiger partial charge in [-0.25, -0.2) is 0 Å². The van der Waals surface area contributed by atoms with Gasteiger partial charge in [0.05, 0.1) is 0 Å². The van der Waals surface area contributed by atoms with Crippen LogP contribution in [0.1, 0.15) is 12.8 Å². The Morgan fingerprint density at radius 1 is 1.38 bits per heavy atom. The van der Waals surface area contributed by atoms with Crippen LogP contribution in [0.2, 0.25) is 0 Å². The highest BCUT2D eigenvalue weighted by atomic mass is 32.1. The molecule has 1 aromatic carbocycles. The molecule has 0 bridgehead atoms. The van der Waals surface area contributed by atoms with Gasteiger partial charge in [-0.05, 0) is 31.1 Å². The van der Waals surface area contributed by atoms with E-state index in [9.17, 15) is 0 Å². The standard InChI is InChI=1S/C14H15NS/c1-2-7-12-10-6-11-14(16)15(12)13-8-4-3-5-9-13/h2-6,8-9,11-12H,1,7,10H2. The van der Waals surface area contributed by atoms with Gasteiger partial charge in [-0.2, -0.15) is 0 Å². The summed E-state index contributed by atoms with van der Waals surface area (Å²) in [5.74, 6) is 0. The summed E-state index contributed by atoms with van der Waals surface area (Å²) in [5.41, 5.74) is 1.17. The van der Waals surface area contributed by atoms with Crippen LogP contribution in [0.3, 0.4) is 0 Å². The van der Waals surface area contributed by atoms with E-state index < -0.39 is 0 Å². The van der Waals surface area contributed by atoms with Crippen molar-refractivity contribution >= 4 is 22.9 Å². The Kier molecular flexibility index (Phi) is 3.52. The molecule has 1 aromatic rings. The molecule has 0 aromatic heterocycles. The molecule has 2 rings (SSSR count). The van der Waals surface area contributed by atoms with E-state index in [0.29, 0.717) is 6.04 Å². The van der Waals surface area contributed by atoms with Gasteiger partial charge in [-0.15, -0.1) is 6.58 Å². The summed E-state index contributed by atoms with van der Waals surface area (Å²) in [7, 11) is 0. The van der Waals surface area contributed by atoms with E-state index in [4.69, 9.17) is 12.2 Å². The third-order valence-electron chi connectivity index (χ3n) is 2.74. The first kappa shape index (κ1) is 11.1. The maximum absolute atomic E-state index is 5.41. The van der Waals surface area contributed by atoms with Crippen LogP contribution in [-0.2, 0) is 0 Å². The van der Waals surface area contributed by atoms with Crippen molar-refractivity contribution in [2.24, 2.45) is 0 Å². The van der Waals surface area contributed by atoms with Crippen molar-refractivity contribution in [2.45, 2.75) is 18.9 Å². The molecular weight excluding hydrogens is 214 g/mol. The summed E-state index contributed by atoms with van der Waals surface area (Å²) >= 11 is 5.41. The van der Waals surface area contributed by atoms with Gasteiger partial charge < -0.3 is 4.90 Å². The SMILES string of the molecule is C=CCC1CC=CC(=S)N1c1ccccc1. The molecule has 0 fully saturated rings. The van der Waals surface area contributed by atoms with Crippen LogP contribution in [-0.4, -0.2) is 11.0 Å². The highest BCUT2D eigenvalue weighted by molar-refractivity contribution is 7.81. The van der Waals surface area contributed by atoms with Crippen LogP contribution in [0.5, 0.6) is 0 Å². The second kappa shape index (κ2) is 5.08.